The van der Waals surface area contributed by atoms with E-state index >= 15 is 0 Å². The van der Waals surface area contributed by atoms with Crippen molar-refractivity contribution < 1.29 is 28.4 Å². The number of amides is 3. The summed E-state index contributed by atoms with van der Waals surface area (Å²) in [6, 6.07) is 13.8. The molecule has 10 heteroatoms. The Kier molecular flexibility index (Phi) is 9.51. The summed E-state index contributed by atoms with van der Waals surface area (Å²) in [6.45, 7) is 11.3. The SMILES string of the molecule is COc1ccc(OC)c(CNC(=O)N[C@@H](Cc2ccccc2)C(=O)N[C@@H](CC(C)C)B2OC3CC4CC(C4(C)C)[C@]3(C)O2)c1. The summed E-state index contributed by atoms with van der Waals surface area (Å²) >= 11 is 0. The third kappa shape index (κ3) is 6.57. The Morgan fingerprint density at radius 2 is 1.77 bits per heavy atom. The monoisotopic (exact) mass is 605 g/mol. The second-order valence-corrected chi connectivity index (χ2v) is 13.8. The van der Waals surface area contributed by atoms with E-state index in [0.717, 1.165) is 24.0 Å². The first kappa shape index (κ1) is 32.2. The number of hydrogen-bond donors (Lipinski definition) is 3. The predicted octanol–water partition coefficient (Wildman–Crippen LogP) is 4.91. The van der Waals surface area contributed by atoms with Gasteiger partial charge in [0.05, 0.1) is 31.9 Å². The van der Waals surface area contributed by atoms with Crippen molar-refractivity contribution >= 4 is 19.1 Å². The highest BCUT2D eigenvalue weighted by atomic mass is 16.7. The van der Waals surface area contributed by atoms with Crippen molar-refractivity contribution in [2.24, 2.45) is 23.2 Å². The van der Waals surface area contributed by atoms with Crippen LogP contribution in [0.15, 0.2) is 48.5 Å². The van der Waals surface area contributed by atoms with Crippen molar-refractivity contribution in [1.29, 1.82) is 0 Å². The smallest absolute Gasteiger partial charge is 0.481 e. The van der Waals surface area contributed by atoms with Crippen molar-refractivity contribution in [2.75, 3.05) is 14.2 Å². The Bertz CT molecular complexity index is 1320. The van der Waals surface area contributed by atoms with Gasteiger partial charge in [0.25, 0.3) is 0 Å². The van der Waals surface area contributed by atoms with E-state index < -0.39 is 19.2 Å². The summed E-state index contributed by atoms with van der Waals surface area (Å²) in [4.78, 5) is 27.1. The molecule has 1 saturated heterocycles. The number of nitrogens with one attached hydrogen (secondary N) is 3. The van der Waals surface area contributed by atoms with Crippen LogP contribution in [-0.4, -0.2) is 57.0 Å². The zero-order valence-electron chi connectivity index (χ0n) is 27.1. The summed E-state index contributed by atoms with van der Waals surface area (Å²) in [5, 5.41) is 9.03. The molecular formula is C34H48BN3O6. The second-order valence-electron chi connectivity index (χ2n) is 13.8. The molecule has 0 spiro atoms. The number of benzene rings is 2. The fourth-order valence-electron chi connectivity index (χ4n) is 7.56. The van der Waals surface area contributed by atoms with Gasteiger partial charge in [-0.1, -0.05) is 58.0 Å². The van der Waals surface area contributed by atoms with Gasteiger partial charge in [-0.3, -0.25) is 4.79 Å². The molecule has 44 heavy (non-hydrogen) atoms. The minimum Gasteiger partial charge on any atom is -0.497 e. The van der Waals surface area contributed by atoms with Crippen molar-refractivity contribution in [2.45, 2.75) is 90.5 Å². The van der Waals surface area contributed by atoms with E-state index in [1.807, 2.05) is 36.4 Å². The molecule has 2 aromatic rings. The van der Waals surface area contributed by atoms with Gasteiger partial charge >= 0.3 is 13.1 Å². The minimum absolute atomic E-state index is 0.0217. The third-order valence-electron chi connectivity index (χ3n) is 10.2. The summed E-state index contributed by atoms with van der Waals surface area (Å²) in [7, 11) is 2.62. The van der Waals surface area contributed by atoms with Gasteiger partial charge in [0.1, 0.15) is 17.5 Å². The number of carbonyl (C=O) groups is 2. The summed E-state index contributed by atoms with van der Waals surface area (Å²) in [5.74, 6) is 2.04. The maximum atomic E-state index is 14.0. The third-order valence-corrected chi connectivity index (χ3v) is 10.2. The van der Waals surface area contributed by atoms with E-state index in [2.05, 4.69) is 50.6 Å². The first-order valence-corrected chi connectivity index (χ1v) is 15.9. The number of carbonyl (C=O) groups excluding carboxylic acids is 2. The van der Waals surface area contributed by atoms with E-state index in [1.54, 1.807) is 26.4 Å². The van der Waals surface area contributed by atoms with Crippen LogP contribution >= 0.6 is 0 Å². The van der Waals surface area contributed by atoms with E-state index in [4.69, 9.17) is 18.8 Å². The van der Waals surface area contributed by atoms with Crippen molar-refractivity contribution in [3.63, 3.8) is 0 Å². The Morgan fingerprint density at radius 3 is 2.43 bits per heavy atom. The molecule has 3 amide bonds. The molecule has 4 fully saturated rings. The van der Waals surface area contributed by atoms with Crippen LogP contribution in [0, 0.1) is 23.2 Å². The van der Waals surface area contributed by atoms with Gasteiger partial charge in [-0.25, -0.2) is 4.79 Å². The summed E-state index contributed by atoms with van der Waals surface area (Å²) in [5.41, 5.74) is 1.56. The predicted molar refractivity (Wildman–Crippen MR) is 170 cm³/mol. The topological polar surface area (TPSA) is 107 Å². The molecule has 3 aliphatic carbocycles. The van der Waals surface area contributed by atoms with Gasteiger partial charge in [-0.05, 0) is 73.1 Å². The molecule has 4 aliphatic rings. The lowest BCUT2D eigenvalue weighted by molar-refractivity contribution is -0.199. The van der Waals surface area contributed by atoms with E-state index in [-0.39, 0.29) is 35.5 Å². The summed E-state index contributed by atoms with van der Waals surface area (Å²) < 4.78 is 24.1. The zero-order valence-corrected chi connectivity index (χ0v) is 27.1. The lowest BCUT2D eigenvalue weighted by atomic mass is 9.43. The van der Waals surface area contributed by atoms with Gasteiger partial charge in [0.15, 0.2) is 0 Å². The molecule has 3 unspecified atom stereocenters. The van der Waals surface area contributed by atoms with E-state index in [0.29, 0.717) is 42.1 Å². The number of urea groups is 1. The van der Waals surface area contributed by atoms with Gasteiger partial charge < -0.3 is 34.7 Å². The molecule has 238 valence electrons. The van der Waals surface area contributed by atoms with Gasteiger partial charge in [0.2, 0.25) is 5.91 Å². The van der Waals surface area contributed by atoms with E-state index in [1.165, 1.54) is 0 Å². The molecule has 0 aromatic heterocycles. The second kappa shape index (κ2) is 13.0. The molecule has 9 nitrogen and oxygen atoms in total. The highest BCUT2D eigenvalue weighted by Gasteiger charge is 2.68. The zero-order chi connectivity index (χ0) is 31.6. The molecule has 3 N–H and O–H groups in total. The average molecular weight is 606 g/mol. The largest absolute Gasteiger partial charge is 0.497 e. The first-order chi connectivity index (χ1) is 20.9. The molecule has 3 saturated carbocycles. The molecule has 6 rings (SSSR count). The molecule has 2 bridgehead atoms. The summed E-state index contributed by atoms with van der Waals surface area (Å²) in [6.07, 6.45) is 3.19. The lowest BCUT2D eigenvalue weighted by Gasteiger charge is -2.64. The lowest BCUT2D eigenvalue weighted by Crippen LogP contribution is -2.65. The standard InChI is InChI=1S/C34H48BN3O6/c1-21(2)15-30(35-43-29-19-24-18-28(33(24,3)4)34(29,5)44-35)38-31(39)26(16-22-11-9-8-10-12-22)37-32(40)36-20-23-17-25(41-6)13-14-27(23)42-7/h8-14,17,21,24,26,28-30H,15-16,18-20H2,1-7H3,(H,38,39)(H2,36,37,40)/t24?,26-,28?,29?,30-,34-/m0/s1. The molecule has 6 atom stereocenters. The highest BCUT2D eigenvalue weighted by Crippen LogP contribution is 2.65. The highest BCUT2D eigenvalue weighted by molar-refractivity contribution is 6.48. The molecular weight excluding hydrogens is 557 g/mol. The molecule has 2 aromatic carbocycles. The first-order valence-electron chi connectivity index (χ1n) is 15.9. The Labute approximate surface area is 262 Å². The minimum atomic E-state index is -0.815. The maximum absolute atomic E-state index is 14.0. The normalized spacial score (nSPS) is 26.2. The molecule has 1 heterocycles. The van der Waals surface area contributed by atoms with Crippen LogP contribution < -0.4 is 25.4 Å². The van der Waals surface area contributed by atoms with Crippen LogP contribution in [0.5, 0.6) is 11.5 Å². The fourth-order valence-corrected chi connectivity index (χ4v) is 7.56. The van der Waals surface area contributed by atoms with Crippen molar-refractivity contribution in [3.8, 4) is 11.5 Å². The van der Waals surface area contributed by atoms with Crippen LogP contribution in [0.25, 0.3) is 0 Å². The van der Waals surface area contributed by atoms with Gasteiger partial charge in [-0.15, -0.1) is 0 Å². The quantitative estimate of drug-likeness (QED) is 0.297. The van der Waals surface area contributed by atoms with Crippen molar-refractivity contribution in [3.05, 3.63) is 59.7 Å². The van der Waals surface area contributed by atoms with E-state index in [9.17, 15) is 9.59 Å². The van der Waals surface area contributed by atoms with Crippen molar-refractivity contribution in [1.82, 2.24) is 16.0 Å². The van der Waals surface area contributed by atoms with Crippen LogP contribution in [-0.2, 0) is 27.1 Å². The Balaban J connectivity index is 1.29. The van der Waals surface area contributed by atoms with Gasteiger partial charge in [0, 0.05) is 18.5 Å². The number of rotatable bonds is 12. The van der Waals surface area contributed by atoms with Gasteiger partial charge in [-0.2, -0.15) is 0 Å². The Morgan fingerprint density at radius 1 is 1.02 bits per heavy atom. The maximum Gasteiger partial charge on any atom is 0.481 e. The average Bonchev–Trinajstić information content (AvgIpc) is 3.36. The molecule has 0 radical (unpaired) electrons. The molecule has 1 aliphatic heterocycles. The van der Waals surface area contributed by atoms with Crippen LogP contribution in [0.3, 0.4) is 0 Å². The number of methoxy groups -OCH3 is 2. The van der Waals surface area contributed by atoms with Crippen LogP contribution in [0.4, 0.5) is 4.79 Å². The van der Waals surface area contributed by atoms with Crippen LogP contribution in [0.1, 0.15) is 65.0 Å². The number of ether oxygens (including phenoxy) is 2. The fraction of sp³-hybridized carbons (Fsp3) is 0.588. The Hall–Kier alpha value is -3.24. The number of hydrogen-bond acceptors (Lipinski definition) is 6. The van der Waals surface area contributed by atoms with Crippen LogP contribution in [0.2, 0.25) is 0 Å².